The van der Waals surface area contributed by atoms with Crippen molar-refractivity contribution in [1.29, 1.82) is 0 Å². The first kappa shape index (κ1) is 17.3. The lowest BCUT2D eigenvalue weighted by molar-refractivity contribution is -0.136. The summed E-state index contributed by atoms with van der Waals surface area (Å²) < 4.78 is 0. The summed E-state index contributed by atoms with van der Waals surface area (Å²) >= 11 is 0. The highest BCUT2D eigenvalue weighted by atomic mass is 35.5. The number of likely N-dealkylation sites (tertiary alicyclic amines) is 1. The summed E-state index contributed by atoms with van der Waals surface area (Å²) in [6.07, 6.45) is 4.17. The second-order valence-corrected chi connectivity index (χ2v) is 7.33. The lowest BCUT2D eigenvalue weighted by atomic mass is 9.70. The first-order valence-electron chi connectivity index (χ1n) is 8.06. The molecule has 1 aliphatic heterocycles. The predicted octanol–water partition coefficient (Wildman–Crippen LogP) is 2.90. The maximum atomic E-state index is 13.2. The number of carbonyl (C=O) groups excluding carboxylic acids is 1. The lowest BCUT2D eigenvalue weighted by Gasteiger charge is -2.38. The highest BCUT2D eigenvalue weighted by molar-refractivity contribution is 5.89. The van der Waals surface area contributed by atoms with Gasteiger partial charge < -0.3 is 10.6 Å². The van der Waals surface area contributed by atoms with Crippen LogP contribution in [-0.4, -0.2) is 30.4 Å². The van der Waals surface area contributed by atoms with E-state index < -0.39 is 0 Å². The molecule has 0 radical (unpaired) electrons. The molecule has 3 rings (SSSR count). The molecule has 0 spiro atoms. The molecular formula is C18H27ClN2O. The van der Waals surface area contributed by atoms with Gasteiger partial charge in [-0.15, -0.1) is 12.4 Å². The largest absolute Gasteiger partial charge is 0.341 e. The van der Waals surface area contributed by atoms with E-state index in [1.165, 1.54) is 11.1 Å². The van der Waals surface area contributed by atoms with Crippen LogP contribution in [0.25, 0.3) is 0 Å². The van der Waals surface area contributed by atoms with Crippen LogP contribution in [0.1, 0.15) is 44.2 Å². The smallest absolute Gasteiger partial charge is 0.232 e. The third kappa shape index (κ3) is 2.77. The van der Waals surface area contributed by atoms with Gasteiger partial charge in [0.2, 0.25) is 5.91 Å². The Hall–Kier alpha value is -1.06. The number of hydrogen-bond donors (Lipinski definition) is 1. The van der Waals surface area contributed by atoms with Crippen molar-refractivity contribution < 1.29 is 4.79 Å². The number of carbonyl (C=O) groups is 1. The van der Waals surface area contributed by atoms with Crippen LogP contribution in [-0.2, 0) is 16.6 Å². The highest BCUT2D eigenvalue weighted by Gasteiger charge is 2.44. The Balaban J connectivity index is 0.00000176. The van der Waals surface area contributed by atoms with E-state index in [4.69, 9.17) is 5.73 Å². The maximum Gasteiger partial charge on any atom is 0.232 e. The molecule has 0 aromatic heterocycles. The fraction of sp³-hybridized carbons (Fsp3) is 0.611. The Kier molecular flexibility index (Phi) is 4.88. The second kappa shape index (κ2) is 6.21. The van der Waals surface area contributed by atoms with Gasteiger partial charge in [-0.2, -0.15) is 0 Å². The average Bonchev–Trinajstić information content (AvgIpc) is 2.90. The van der Waals surface area contributed by atoms with E-state index in [0.717, 1.165) is 38.8 Å². The number of nitrogens with two attached hydrogens (primary N) is 1. The summed E-state index contributed by atoms with van der Waals surface area (Å²) in [5.74, 6) is 0.298. The monoisotopic (exact) mass is 322 g/mol. The molecule has 1 aromatic rings. The number of aryl methyl sites for hydroxylation is 1. The minimum absolute atomic E-state index is 0. The van der Waals surface area contributed by atoms with Gasteiger partial charge in [0, 0.05) is 13.1 Å². The van der Waals surface area contributed by atoms with E-state index in [1.54, 1.807) is 0 Å². The SMILES string of the molecule is CC1(CN)CCN(C(=O)C2(C)CCCc3ccccc32)C1.Cl. The Morgan fingerprint density at radius 2 is 2.00 bits per heavy atom. The van der Waals surface area contributed by atoms with Crippen molar-refractivity contribution >= 4 is 18.3 Å². The molecule has 122 valence electrons. The van der Waals surface area contributed by atoms with Gasteiger partial charge in [-0.05, 0) is 55.7 Å². The molecule has 1 fully saturated rings. The number of rotatable bonds is 2. The van der Waals surface area contributed by atoms with Gasteiger partial charge in [0.15, 0.2) is 0 Å². The van der Waals surface area contributed by atoms with Crippen molar-refractivity contribution in [3.8, 4) is 0 Å². The first-order chi connectivity index (χ1) is 9.98. The second-order valence-electron chi connectivity index (χ2n) is 7.33. The lowest BCUT2D eigenvalue weighted by Crippen LogP contribution is -2.47. The molecule has 2 N–H and O–H groups in total. The quantitative estimate of drug-likeness (QED) is 0.910. The van der Waals surface area contributed by atoms with E-state index in [0.29, 0.717) is 12.5 Å². The van der Waals surface area contributed by atoms with Gasteiger partial charge in [-0.1, -0.05) is 31.2 Å². The van der Waals surface area contributed by atoms with Crippen molar-refractivity contribution in [2.24, 2.45) is 11.1 Å². The van der Waals surface area contributed by atoms with Crippen molar-refractivity contribution in [3.05, 3.63) is 35.4 Å². The van der Waals surface area contributed by atoms with E-state index in [2.05, 4.69) is 43.0 Å². The molecule has 1 aliphatic carbocycles. The van der Waals surface area contributed by atoms with Crippen LogP contribution < -0.4 is 5.73 Å². The van der Waals surface area contributed by atoms with Crippen LogP contribution in [0.5, 0.6) is 0 Å². The molecule has 2 unspecified atom stereocenters. The number of halogens is 1. The first-order valence-corrected chi connectivity index (χ1v) is 8.06. The minimum Gasteiger partial charge on any atom is -0.341 e. The fourth-order valence-corrected chi connectivity index (χ4v) is 3.98. The van der Waals surface area contributed by atoms with Gasteiger partial charge >= 0.3 is 0 Å². The number of fused-ring (bicyclic) bond motifs is 1. The third-order valence-electron chi connectivity index (χ3n) is 5.54. The normalized spacial score (nSPS) is 30.6. The summed E-state index contributed by atoms with van der Waals surface area (Å²) in [7, 11) is 0. The van der Waals surface area contributed by atoms with E-state index in [1.807, 2.05) is 0 Å². The van der Waals surface area contributed by atoms with Gasteiger partial charge in [0.25, 0.3) is 0 Å². The molecule has 1 saturated heterocycles. The number of nitrogens with zero attached hydrogens (tertiary/aromatic N) is 1. The molecule has 1 aromatic carbocycles. The Morgan fingerprint density at radius 3 is 2.68 bits per heavy atom. The summed E-state index contributed by atoms with van der Waals surface area (Å²) in [6, 6.07) is 8.46. The van der Waals surface area contributed by atoms with Gasteiger partial charge in [0.1, 0.15) is 0 Å². The average molecular weight is 323 g/mol. The minimum atomic E-state index is -0.352. The van der Waals surface area contributed by atoms with Crippen LogP contribution in [0, 0.1) is 5.41 Å². The molecule has 2 atom stereocenters. The van der Waals surface area contributed by atoms with Crippen molar-refractivity contribution in [3.63, 3.8) is 0 Å². The Morgan fingerprint density at radius 1 is 1.27 bits per heavy atom. The standard InChI is InChI=1S/C18H26N2O.ClH/c1-17(12-19)10-11-20(13-17)16(21)18(2)9-5-7-14-6-3-4-8-15(14)18;/h3-4,6,8H,5,7,9-13,19H2,1-2H3;1H. The summed E-state index contributed by atoms with van der Waals surface area (Å²) in [6.45, 7) is 6.64. The van der Waals surface area contributed by atoms with Gasteiger partial charge in [-0.25, -0.2) is 0 Å². The topological polar surface area (TPSA) is 46.3 Å². The van der Waals surface area contributed by atoms with E-state index >= 15 is 0 Å². The van der Waals surface area contributed by atoms with Crippen LogP contribution >= 0.6 is 12.4 Å². The van der Waals surface area contributed by atoms with E-state index in [-0.39, 0.29) is 23.2 Å². The molecule has 0 saturated carbocycles. The number of hydrogen-bond acceptors (Lipinski definition) is 2. The highest BCUT2D eigenvalue weighted by Crippen LogP contribution is 2.40. The van der Waals surface area contributed by atoms with Crippen LogP contribution in [0.3, 0.4) is 0 Å². The third-order valence-corrected chi connectivity index (χ3v) is 5.54. The number of amides is 1. The van der Waals surface area contributed by atoms with Crippen molar-refractivity contribution in [2.75, 3.05) is 19.6 Å². The Bertz CT molecular complexity index is 562. The molecule has 3 nitrogen and oxygen atoms in total. The Labute approximate surface area is 139 Å². The fourth-order valence-electron chi connectivity index (χ4n) is 3.98. The van der Waals surface area contributed by atoms with Crippen molar-refractivity contribution in [1.82, 2.24) is 4.90 Å². The van der Waals surface area contributed by atoms with Crippen LogP contribution in [0.2, 0.25) is 0 Å². The zero-order chi connectivity index (χ0) is 15.1. The molecule has 2 aliphatic rings. The molecule has 22 heavy (non-hydrogen) atoms. The zero-order valence-corrected chi connectivity index (χ0v) is 14.4. The summed E-state index contributed by atoms with van der Waals surface area (Å²) in [4.78, 5) is 15.2. The van der Waals surface area contributed by atoms with Gasteiger partial charge in [0.05, 0.1) is 5.41 Å². The zero-order valence-electron chi connectivity index (χ0n) is 13.6. The maximum absolute atomic E-state index is 13.2. The van der Waals surface area contributed by atoms with E-state index in [9.17, 15) is 4.79 Å². The predicted molar refractivity (Wildman–Crippen MR) is 92.3 cm³/mol. The molecule has 1 amide bonds. The molecule has 1 heterocycles. The summed E-state index contributed by atoms with van der Waals surface area (Å²) in [5.41, 5.74) is 8.21. The van der Waals surface area contributed by atoms with Gasteiger partial charge in [-0.3, -0.25) is 4.79 Å². The molecule has 4 heteroatoms. The molecular weight excluding hydrogens is 296 g/mol. The summed E-state index contributed by atoms with van der Waals surface area (Å²) in [5, 5.41) is 0. The van der Waals surface area contributed by atoms with Crippen molar-refractivity contribution in [2.45, 2.75) is 44.9 Å². The van der Waals surface area contributed by atoms with Crippen LogP contribution in [0.4, 0.5) is 0 Å². The van der Waals surface area contributed by atoms with Crippen LogP contribution in [0.15, 0.2) is 24.3 Å². The number of benzene rings is 1. The molecule has 0 bridgehead atoms.